The van der Waals surface area contributed by atoms with E-state index in [9.17, 15) is 8.78 Å². The molecule has 2 radical (unpaired) electrons. The van der Waals surface area contributed by atoms with Crippen LogP contribution in [-0.4, -0.2) is 0 Å². The second-order valence-electron chi connectivity index (χ2n) is 2.00. The van der Waals surface area contributed by atoms with Crippen molar-refractivity contribution in [3.05, 3.63) is 48.7 Å². The van der Waals surface area contributed by atoms with Gasteiger partial charge >= 0.3 is 0 Å². The van der Waals surface area contributed by atoms with Crippen molar-refractivity contribution in [2.24, 2.45) is 0 Å². The first-order valence-electron chi connectivity index (χ1n) is 2.75. The van der Waals surface area contributed by atoms with Crippen LogP contribution in [-0.2, 0) is 0 Å². The quantitative estimate of drug-likeness (QED) is 0.518. The van der Waals surface area contributed by atoms with Crippen LogP contribution in [0, 0.1) is 25.5 Å². The summed E-state index contributed by atoms with van der Waals surface area (Å²) in [6.07, 6.45) is 0. The van der Waals surface area contributed by atoms with E-state index in [1.807, 2.05) is 0 Å². The van der Waals surface area contributed by atoms with Gasteiger partial charge in [0.1, 0.15) is 0 Å². The van der Waals surface area contributed by atoms with Gasteiger partial charge in [-0.3, -0.25) is 0 Å². The fraction of sp³-hybridized carbons (Fsp3) is 0. The van der Waals surface area contributed by atoms with E-state index in [0.717, 1.165) is 6.07 Å². The third kappa shape index (κ3) is 1.01. The molecule has 0 fully saturated rings. The molecule has 1 rings (SSSR count). The van der Waals surface area contributed by atoms with Crippen molar-refractivity contribution in [2.45, 2.75) is 0 Å². The van der Waals surface area contributed by atoms with Crippen LogP contribution in [0.1, 0.15) is 11.1 Å². The highest BCUT2D eigenvalue weighted by atomic mass is 19.2. The second-order valence-corrected chi connectivity index (χ2v) is 2.00. The molecule has 0 bridgehead atoms. The SMILES string of the molecule is [CH2]c1ccc(F)c(F)c1[CH2]. The molecule has 0 spiro atoms. The average molecular weight is 140 g/mol. The van der Waals surface area contributed by atoms with Gasteiger partial charge in [-0.25, -0.2) is 8.78 Å². The zero-order valence-electron chi connectivity index (χ0n) is 5.32. The first-order valence-corrected chi connectivity index (χ1v) is 2.75. The van der Waals surface area contributed by atoms with E-state index in [-0.39, 0.29) is 5.56 Å². The Balaban J connectivity index is 3.34. The van der Waals surface area contributed by atoms with Crippen molar-refractivity contribution in [1.82, 2.24) is 0 Å². The van der Waals surface area contributed by atoms with Gasteiger partial charge in [0.2, 0.25) is 0 Å². The molecule has 0 amide bonds. The van der Waals surface area contributed by atoms with Gasteiger partial charge in [-0.2, -0.15) is 0 Å². The Bertz CT molecular complexity index is 227. The molecule has 0 N–H and O–H groups in total. The maximum atomic E-state index is 12.5. The number of hydrogen-bond acceptors (Lipinski definition) is 0. The van der Waals surface area contributed by atoms with Gasteiger partial charge in [-0.05, 0) is 31.0 Å². The highest BCUT2D eigenvalue weighted by Crippen LogP contribution is 2.13. The molecule has 2 heteroatoms. The number of rotatable bonds is 0. The minimum atomic E-state index is -0.910. The Morgan fingerprint density at radius 2 is 1.70 bits per heavy atom. The summed E-state index contributed by atoms with van der Waals surface area (Å²) in [5, 5.41) is 0. The van der Waals surface area contributed by atoms with Crippen molar-refractivity contribution in [3.63, 3.8) is 0 Å². The predicted molar refractivity (Wildman–Crippen MR) is 35.3 cm³/mol. The Morgan fingerprint density at radius 1 is 1.10 bits per heavy atom. The summed E-state index contributed by atoms with van der Waals surface area (Å²) in [6.45, 7) is 6.76. The minimum absolute atomic E-state index is 0.0278. The number of benzene rings is 1. The fourth-order valence-electron chi connectivity index (χ4n) is 0.633. The molecular weight excluding hydrogens is 134 g/mol. The van der Waals surface area contributed by atoms with E-state index in [0.29, 0.717) is 5.56 Å². The van der Waals surface area contributed by atoms with Gasteiger partial charge in [-0.15, -0.1) is 0 Å². The molecule has 0 aromatic heterocycles. The molecule has 0 saturated heterocycles. The molecule has 1 aromatic carbocycles. The van der Waals surface area contributed by atoms with Crippen LogP contribution in [0.3, 0.4) is 0 Å². The zero-order chi connectivity index (χ0) is 7.72. The molecular formula is C8H6F2. The first-order chi connectivity index (χ1) is 4.63. The van der Waals surface area contributed by atoms with Crippen LogP contribution in [0.15, 0.2) is 12.1 Å². The van der Waals surface area contributed by atoms with Gasteiger partial charge in [0.25, 0.3) is 0 Å². The Kier molecular flexibility index (Phi) is 1.70. The van der Waals surface area contributed by atoms with Gasteiger partial charge in [0.15, 0.2) is 11.6 Å². The summed E-state index contributed by atoms with van der Waals surface area (Å²) in [5.74, 6) is -1.79. The topological polar surface area (TPSA) is 0 Å². The molecule has 0 heterocycles. The minimum Gasteiger partial charge on any atom is -0.204 e. The smallest absolute Gasteiger partial charge is 0.162 e. The van der Waals surface area contributed by atoms with Gasteiger partial charge in [-0.1, -0.05) is 6.07 Å². The summed E-state index contributed by atoms with van der Waals surface area (Å²) < 4.78 is 24.8. The van der Waals surface area contributed by atoms with E-state index in [2.05, 4.69) is 13.8 Å². The third-order valence-electron chi connectivity index (χ3n) is 1.29. The summed E-state index contributed by atoms with van der Waals surface area (Å²) in [6, 6.07) is 2.42. The second kappa shape index (κ2) is 2.37. The highest BCUT2D eigenvalue weighted by molar-refractivity contribution is 5.33. The van der Waals surface area contributed by atoms with E-state index >= 15 is 0 Å². The summed E-state index contributed by atoms with van der Waals surface area (Å²) >= 11 is 0. The van der Waals surface area contributed by atoms with Crippen LogP contribution in [0.2, 0.25) is 0 Å². The van der Waals surface area contributed by atoms with E-state index in [4.69, 9.17) is 0 Å². The van der Waals surface area contributed by atoms with Crippen molar-refractivity contribution in [1.29, 1.82) is 0 Å². The largest absolute Gasteiger partial charge is 0.204 e. The average Bonchev–Trinajstić information content (AvgIpc) is 1.93. The number of hydrogen-bond donors (Lipinski definition) is 0. The van der Waals surface area contributed by atoms with Crippen LogP contribution in [0.5, 0.6) is 0 Å². The standard InChI is InChI=1S/C8H6F2/c1-5-3-4-7(9)8(10)6(5)2/h3-4H,1-2H2. The molecule has 0 aliphatic rings. The van der Waals surface area contributed by atoms with Crippen molar-refractivity contribution in [2.75, 3.05) is 0 Å². The van der Waals surface area contributed by atoms with Gasteiger partial charge in [0, 0.05) is 0 Å². The summed E-state index contributed by atoms with van der Waals surface area (Å²) in [5.41, 5.74) is 0.443. The maximum Gasteiger partial charge on any atom is 0.162 e. The van der Waals surface area contributed by atoms with Crippen LogP contribution in [0.25, 0.3) is 0 Å². The molecule has 0 saturated carbocycles. The Labute approximate surface area is 58.5 Å². The molecule has 0 nitrogen and oxygen atoms in total. The Morgan fingerprint density at radius 3 is 2.20 bits per heavy atom. The molecule has 0 atom stereocenters. The molecule has 1 aromatic rings. The third-order valence-corrected chi connectivity index (χ3v) is 1.29. The maximum absolute atomic E-state index is 12.5. The molecule has 10 heavy (non-hydrogen) atoms. The summed E-state index contributed by atoms with van der Waals surface area (Å²) in [7, 11) is 0. The lowest BCUT2D eigenvalue weighted by molar-refractivity contribution is 0.505. The number of halogens is 2. The van der Waals surface area contributed by atoms with Crippen molar-refractivity contribution >= 4 is 0 Å². The highest BCUT2D eigenvalue weighted by Gasteiger charge is 2.05. The lowest BCUT2D eigenvalue weighted by atomic mass is 10.1. The Hall–Kier alpha value is -0.920. The molecule has 52 valence electrons. The van der Waals surface area contributed by atoms with Crippen LogP contribution in [0.4, 0.5) is 8.78 Å². The lowest BCUT2D eigenvalue weighted by Gasteiger charge is -1.99. The van der Waals surface area contributed by atoms with E-state index in [1.165, 1.54) is 6.07 Å². The van der Waals surface area contributed by atoms with Gasteiger partial charge < -0.3 is 0 Å². The zero-order valence-corrected chi connectivity index (χ0v) is 5.32. The summed E-state index contributed by atoms with van der Waals surface area (Å²) in [4.78, 5) is 0. The molecule has 0 aliphatic carbocycles. The first kappa shape index (κ1) is 7.19. The van der Waals surface area contributed by atoms with Gasteiger partial charge in [0.05, 0.1) is 0 Å². The molecule has 0 aliphatic heterocycles. The van der Waals surface area contributed by atoms with E-state index < -0.39 is 11.6 Å². The van der Waals surface area contributed by atoms with Crippen LogP contribution >= 0.6 is 0 Å². The fourth-order valence-corrected chi connectivity index (χ4v) is 0.633. The van der Waals surface area contributed by atoms with E-state index in [1.54, 1.807) is 0 Å². The lowest BCUT2D eigenvalue weighted by Crippen LogP contribution is -1.90. The normalized spacial score (nSPS) is 10.0. The molecule has 0 unspecified atom stereocenters. The van der Waals surface area contributed by atoms with Crippen molar-refractivity contribution in [3.8, 4) is 0 Å². The predicted octanol–water partition coefficient (Wildman–Crippen LogP) is 2.33. The monoisotopic (exact) mass is 140 g/mol. The van der Waals surface area contributed by atoms with Crippen molar-refractivity contribution < 1.29 is 8.78 Å². The van der Waals surface area contributed by atoms with Crippen LogP contribution < -0.4 is 0 Å².